The van der Waals surface area contributed by atoms with Crippen LogP contribution in [0.2, 0.25) is 0 Å². The zero-order valence-corrected chi connectivity index (χ0v) is 11.7. The third-order valence-corrected chi connectivity index (χ3v) is 3.03. The van der Waals surface area contributed by atoms with Gasteiger partial charge in [0.05, 0.1) is 12.8 Å². The van der Waals surface area contributed by atoms with E-state index in [1.165, 1.54) is 7.05 Å². The van der Waals surface area contributed by atoms with Gasteiger partial charge >= 0.3 is 6.18 Å². The van der Waals surface area contributed by atoms with Crippen LogP contribution in [0.4, 0.5) is 13.2 Å². The maximum absolute atomic E-state index is 12.7. The number of ether oxygens (including phenoxy) is 1. The summed E-state index contributed by atoms with van der Waals surface area (Å²) in [7, 11) is 2.86. The van der Waals surface area contributed by atoms with Gasteiger partial charge in [-0.05, 0) is 12.1 Å². The molecule has 0 saturated carbocycles. The van der Waals surface area contributed by atoms with Gasteiger partial charge in [-0.2, -0.15) is 18.3 Å². The van der Waals surface area contributed by atoms with Gasteiger partial charge in [-0.25, -0.2) is 0 Å². The van der Waals surface area contributed by atoms with Crippen molar-refractivity contribution in [1.82, 2.24) is 15.1 Å². The number of halogens is 3. The molecule has 21 heavy (non-hydrogen) atoms. The van der Waals surface area contributed by atoms with E-state index in [1.807, 2.05) is 24.3 Å². The van der Waals surface area contributed by atoms with Crippen molar-refractivity contribution >= 4 is 0 Å². The lowest BCUT2D eigenvalue weighted by Gasteiger charge is -2.08. The highest BCUT2D eigenvalue weighted by Gasteiger charge is 2.34. The summed E-state index contributed by atoms with van der Waals surface area (Å²) in [6.45, 7) is 0.740. The number of para-hydroxylation sites is 1. The van der Waals surface area contributed by atoms with Crippen molar-refractivity contribution in [3.05, 3.63) is 47.3 Å². The summed E-state index contributed by atoms with van der Waals surface area (Å²) in [4.78, 5) is 0. The molecule has 1 aromatic heterocycles. The standard InChI is InChI=1S/C14H16F3N3O/c1-20-13(14(15,16)17)7-11(19-20)9-18-8-10-5-3-4-6-12(10)21-2/h3-7,18H,8-9H2,1-2H3. The fourth-order valence-corrected chi connectivity index (χ4v) is 2.05. The molecule has 0 atom stereocenters. The molecule has 0 spiro atoms. The van der Waals surface area contributed by atoms with Crippen LogP contribution >= 0.6 is 0 Å². The van der Waals surface area contributed by atoms with Gasteiger partial charge in [0.15, 0.2) is 0 Å². The van der Waals surface area contributed by atoms with Crippen molar-refractivity contribution in [3.8, 4) is 5.75 Å². The molecular formula is C14H16F3N3O. The van der Waals surface area contributed by atoms with Gasteiger partial charge in [0.2, 0.25) is 0 Å². The van der Waals surface area contributed by atoms with Crippen molar-refractivity contribution < 1.29 is 17.9 Å². The van der Waals surface area contributed by atoms with E-state index in [0.717, 1.165) is 22.1 Å². The number of benzene rings is 1. The molecule has 0 saturated heterocycles. The van der Waals surface area contributed by atoms with Crippen molar-refractivity contribution in [1.29, 1.82) is 0 Å². The fourth-order valence-electron chi connectivity index (χ4n) is 2.05. The number of aromatic nitrogens is 2. The smallest absolute Gasteiger partial charge is 0.433 e. The molecule has 7 heteroatoms. The first-order valence-corrected chi connectivity index (χ1v) is 6.34. The van der Waals surface area contributed by atoms with E-state index >= 15 is 0 Å². The molecule has 0 fully saturated rings. The molecule has 114 valence electrons. The van der Waals surface area contributed by atoms with Crippen molar-refractivity contribution in [3.63, 3.8) is 0 Å². The summed E-state index contributed by atoms with van der Waals surface area (Å²) in [5.41, 5.74) is 0.531. The molecule has 1 N–H and O–H groups in total. The number of hydrogen-bond donors (Lipinski definition) is 1. The molecular weight excluding hydrogens is 283 g/mol. The fraction of sp³-hybridized carbons (Fsp3) is 0.357. The van der Waals surface area contributed by atoms with Crippen molar-refractivity contribution in [2.45, 2.75) is 19.3 Å². The molecule has 1 aromatic carbocycles. The molecule has 0 aliphatic rings. The molecule has 2 aromatic rings. The van der Waals surface area contributed by atoms with Crippen LogP contribution in [0.1, 0.15) is 17.0 Å². The Labute approximate surface area is 120 Å². The van der Waals surface area contributed by atoms with Crippen LogP contribution < -0.4 is 10.1 Å². The first-order valence-electron chi connectivity index (χ1n) is 6.34. The second kappa shape index (κ2) is 6.17. The Balaban J connectivity index is 1.98. The molecule has 4 nitrogen and oxygen atoms in total. The van der Waals surface area contributed by atoms with Gasteiger partial charge in [-0.3, -0.25) is 4.68 Å². The number of nitrogens with zero attached hydrogens (tertiary/aromatic N) is 2. The Morgan fingerprint density at radius 3 is 2.57 bits per heavy atom. The maximum atomic E-state index is 12.7. The highest BCUT2D eigenvalue weighted by molar-refractivity contribution is 5.33. The maximum Gasteiger partial charge on any atom is 0.433 e. The third-order valence-electron chi connectivity index (χ3n) is 3.03. The Hall–Kier alpha value is -2.02. The highest BCUT2D eigenvalue weighted by atomic mass is 19.4. The normalized spacial score (nSPS) is 11.7. The van der Waals surface area contributed by atoms with Crippen LogP contribution in [0.15, 0.2) is 30.3 Å². The Morgan fingerprint density at radius 2 is 1.95 bits per heavy atom. The summed E-state index contributed by atoms with van der Waals surface area (Å²) in [6, 6.07) is 8.51. The van der Waals surface area contributed by atoms with E-state index in [4.69, 9.17) is 4.74 Å². The predicted molar refractivity (Wildman–Crippen MR) is 71.7 cm³/mol. The molecule has 2 rings (SSSR count). The Kier molecular flexibility index (Phi) is 4.52. The lowest BCUT2D eigenvalue weighted by molar-refractivity contribution is -0.143. The van der Waals surface area contributed by atoms with Gasteiger partial charge < -0.3 is 10.1 Å². The second-order valence-electron chi connectivity index (χ2n) is 4.56. The second-order valence-corrected chi connectivity index (χ2v) is 4.56. The van der Waals surface area contributed by atoms with Crippen LogP contribution in [0, 0.1) is 0 Å². The summed E-state index contributed by atoms with van der Waals surface area (Å²) in [5, 5.41) is 6.92. The summed E-state index contributed by atoms with van der Waals surface area (Å²) < 4.78 is 44.0. The van der Waals surface area contributed by atoms with Crippen LogP contribution in [0.5, 0.6) is 5.75 Å². The highest BCUT2D eigenvalue weighted by Crippen LogP contribution is 2.29. The van der Waals surface area contributed by atoms with Gasteiger partial charge in [-0.1, -0.05) is 18.2 Å². The minimum atomic E-state index is -4.39. The number of rotatable bonds is 5. The molecule has 0 unspecified atom stereocenters. The SMILES string of the molecule is COc1ccccc1CNCc1cc(C(F)(F)F)n(C)n1. The molecule has 0 bridgehead atoms. The van der Waals surface area contributed by atoms with E-state index in [0.29, 0.717) is 12.2 Å². The number of aryl methyl sites for hydroxylation is 1. The van der Waals surface area contributed by atoms with Crippen LogP contribution in [0.3, 0.4) is 0 Å². The van der Waals surface area contributed by atoms with Gasteiger partial charge in [0, 0.05) is 25.7 Å². The lowest BCUT2D eigenvalue weighted by atomic mass is 10.2. The first kappa shape index (κ1) is 15.4. The summed E-state index contributed by atoms with van der Waals surface area (Å²) >= 11 is 0. The molecule has 1 heterocycles. The first-order chi connectivity index (χ1) is 9.91. The number of hydrogen-bond acceptors (Lipinski definition) is 3. The zero-order chi connectivity index (χ0) is 15.5. The van der Waals surface area contributed by atoms with Crippen molar-refractivity contribution in [2.75, 3.05) is 7.11 Å². The number of nitrogens with one attached hydrogen (secondary N) is 1. The minimum absolute atomic E-state index is 0.252. The van der Waals surface area contributed by atoms with E-state index < -0.39 is 11.9 Å². The van der Waals surface area contributed by atoms with E-state index in [-0.39, 0.29) is 6.54 Å². The Bertz CT molecular complexity index is 608. The molecule has 0 aliphatic heterocycles. The van der Waals surface area contributed by atoms with Gasteiger partial charge in [0.25, 0.3) is 0 Å². The Morgan fingerprint density at radius 1 is 1.24 bits per heavy atom. The van der Waals surface area contributed by atoms with Crippen molar-refractivity contribution in [2.24, 2.45) is 7.05 Å². The minimum Gasteiger partial charge on any atom is -0.496 e. The third kappa shape index (κ3) is 3.75. The quantitative estimate of drug-likeness (QED) is 0.922. The molecule has 0 amide bonds. The van der Waals surface area contributed by atoms with Gasteiger partial charge in [0.1, 0.15) is 11.4 Å². The average Bonchev–Trinajstić information content (AvgIpc) is 2.80. The lowest BCUT2D eigenvalue weighted by Crippen LogP contribution is -2.14. The van der Waals surface area contributed by atoms with Crippen LogP contribution in [-0.2, 0) is 26.3 Å². The zero-order valence-electron chi connectivity index (χ0n) is 11.7. The molecule has 0 radical (unpaired) electrons. The van der Waals surface area contributed by atoms with Crippen LogP contribution in [-0.4, -0.2) is 16.9 Å². The summed E-state index contributed by atoms with van der Waals surface area (Å²) in [6.07, 6.45) is -4.39. The van der Waals surface area contributed by atoms with Crippen LogP contribution in [0.25, 0.3) is 0 Å². The largest absolute Gasteiger partial charge is 0.496 e. The number of methoxy groups -OCH3 is 1. The van der Waals surface area contributed by atoms with E-state index in [9.17, 15) is 13.2 Å². The average molecular weight is 299 g/mol. The monoisotopic (exact) mass is 299 g/mol. The molecule has 0 aliphatic carbocycles. The number of alkyl halides is 3. The summed E-state index contributed by atoms with van der Waals surface area (Å²) in [5.74, 6) is 0.738. The topological polar surface area (TPSA) is 39.1 Å². The van der Waals surface area contributed by atoms with Gasteiger partial charge in [-0.15, -0.1) is 0 Å². The van der Waals surface area contributed by atoms with E-state index in [2.05, 4.69) is 10.4 Å². The van der Waals surface area contributed by atoms with E-state index in [1.54, 1.807) is 7.11 Å². The predicted octanol–water partition coefficient (Wildman–Crippen LogP) is 2.74.